The maximum absolute atomic E-state index is 13.0. The quantitative estimate of drug-likeness (QED) is 0.733. The molecule has 1 amide bonds. The van der Waals surface area contributed by atoms with Crippen LogP contribution < -0.4 is 4.72 Å². The maximum atomic E-state index is 13.0. The lowest BCUT2D eigenvalue weighted by atomic mass is 10.0. The highest BCUT2D eigenvalue weighted by Gasteiger charge is 2.32. The second-order valence-electron chi connectivity index (χ2n) is 7.60. The third kappa shape index (κ3) is 6.30. The number of ether oxygens (including phenoxy) is 1. The van der Waals surface area contributed by atoms with Crippen molar-refractivity contribution in [2.45, 2.75) is 64.0 Å². The molecule has 0 saturated carbocycles. The molecule has 2 rings (SSSR count). The molecule has 1 aromatic carbocycles. The van der Waals surface area contributed by atoms with Gasteiger partial charge in [0.05, 0.1) is 11.0 Å². The van der Waals surface area contributed by atoms with Crippen LogP contribution in [0.4, 0.5) is 0 Å². The van der Waals surface area contributed by atoms with Gasteiger partial charge in [-0.2, -0.15) is 4.72 Å². The van der Waals surface area contributed by atoms with Gasteiger partial charge in [0.15, 0.2) is 0 Å². The molecule has 1 aliphatic rings. The van der Waals surface area contributed by atoms with Crippen LogP contribution in [0.2, 0.25) is 0 Å². The molecule has 6 nitrogen and oxygen atoms in total. The van der Waals surface area contributed by atoms with E-state index in [-0.39, 0.29) is 22.8 Å². The summed E-state index contributed by atoms with van der Waals surface area (Å²) in [6.45, 7) is 9.72. The second kappa shape index (κ2) is 9.66. The summed E-state index contributed by atoms with van der Waals surface area (Å²) in [7, 11) is -3.75. The van der Waals surface area contributed by atoms with Crippen LogP contribution in [0.5, 0.6) is 0 Å². The van der Waals surface area contributed by atoms with E-state index < -0.39 is 16.1 Å². The summed E-state index contributed by atoms with van der Waals surface area (Å²) in [5.41, 5.74) is 0.987. The highest BCUT2D eigenvalue weighted by Crippen LogP contribution is 2.18. The minimum Gasteiger partial charge on any atom is -0.378 e. The summed E-state index contributed by atoms with van der Waals surface area (Å²) in [5, 5.41) is 0. The van der Waals surface area contributed by atoms with Crippen molar-refractivity contribution < 1.29 is 17.9 Å². The Morgan fingerprint density at radius 1 is 1.22 bits per heavy atom. The predicted octanol–water partition coefficient (Wildman–Crippen LogP) is 2.72. The second-order valence-corrected chi connectivity index (χ2v) is 9.31. The van der Waals surface area contributed by atoms with Crippen LogP contribution in [0.15, 0.2) is 29.2 Å². The number of carbonyl (C=O) groups excluding carboxylic acids is 1. The van der Waals surface area contributed by atoms with Crippen LogP contribution in [0.1, 0.15) is 45.6 Å². The van der Waals surface area contributed by atoms with E-state index in [0.717, 1.165) is 18.4 Å². The number of hydrogen-bond acceptors (Lipinski definition) is 4. The van der Waals surface area contributed by atoms with Crippen LogP contribution in [0.3, 0.4) is 0 Å². The number of piperidine rings is 1. The number of nitrogens with zero attached hydrogens (tertiary/aromatic N) is 1. The predicted molar refractivity (Wildman–Crippen MR) is 106 cm³/mol. The molecule has 1 saturated heterocycles. The highest BCUT2D eigenvalue weighted by atomic mass is 32.2. The van der Waals surface area contributed by atoms with Gasteiger partial charge in [0.25, 0.3) is 0 Å². The number of amides is 1. The molecular weight excluding hydrogens is 364 g/mol. The van der Waals surface area contributed by atoms with Crippen LogP contribution >= 0.6 is 0 Å². The van der Waals surface area contributed by atoms with E-state index in [9.17, 15) is 13.2 Å². The van der Waals surface area contributed by atoms with Crippen LogP contribution in [0, 0.1) is 12.8 Å². The molecule has 0 aliphatic carbocycles. The van der Waals surface area contributed by atoms with Gasteiger partial charge in [-0.05, 0) is 51.2 Å². The summed E-state index contributed by atoms with van der Waals surface area (Å²) < 4.78 is 33.8. The van der Waals surface area contributed by atoms with Crippen molar-refractivity contribution in [3.05, 3.63) is 29.8 Å². The normalized spacial score (nSPS) is 17.3. The minimum absolute atomic E-state index is 0.144. The topological polar surface area (TPSA) is 75.7 Å². The van der Waals surface area contributed by atoms with Gasteiger partial charge >= 0.3 is 0 Å². The molecule has 27 heavy (non-hydrogen) atoms. The molecule has 0 radical (unpaired) electrons. The number of hydrogen-bond donors (Lipinski definition) is 1. The number of rotatable bonds is 8. The molecule has 0 bridgehead atoms. The van der Waals surface area contributed by atoms with E-state index in [4.69, 9.17) is 4.74 Å². The van der Waals surface area contributed by atoms with Gasteiger partial charge in [0.2, 0.25) is 15.9 Å². The Labute approximate surface area is 163 Å². The zero-order chi connectivity index (χ0) is 20.0. The molecule has 1 heterocycles. The van der Waals surface area contributed by atoms with Crippen LogP contribution in [0.25, 0.3) is 0 Å². The van der Waals surface area contributed by atoms with Crippen molar-refractivity contribution in [2.75, 3.05) is 19.7 Å². The number of likely N-dealkylation sites (tertiary alicyclic amines) is 1. The molecule has 1 aromatic rings. The molecule has 1 N–H and O–H groups in total. The van der Waals surface area contributed by atoms with E-state index in [1.807, 2.05) is 27.7 Å². The monoisotopic (exact) mass is 396 g/mol. The molecule has 7 heteroatoms. The summed E-state index contributed by atoms with van der Waals surface area (Å²) in [4.78, 5) is 15.0. The number of nitrogens with one attached hydrogen (secondary N) is 1. The Balaban J connectivity index is 2.10. The Morgan fingerprint density at radius 3 is 2.33 bits per heavy atom. The molecular formula is C20H32N2O4S. The maximum Gasteiger partial charge on any atom is 0.241 e. The standard InChI is InChI=1S/C20H32N2O4S/c1-5-26-17-10-12-22(13-11-17)20(23)19(14-15(2)3)21-27(24,25)18-8-6-16(4)7-9-18/h6-9,15,17,19,21H,5,10-14H2,1-4H3. The van der Waals surface area contributed by atoms with E-state index in [2.05, 4.69) is 4.72 Å². The third-order valence-electron chi connectivity index (χ3n) is 4.79. The number of carbonyl (C=O) groups is 1. The van der Waals surface area contributed by atoms with Gasteiger partial charge in [-0.3, -0.25) is 4.79 Å². The van der Waals surface area contributed by atoms with E-state index >= 15 is 0 Å². The average molecular weight is 397 g/mol. The fourth-order valence-corrected chi connectivity index (χ4v) is 4.54. The first-order valence-corrected chi connectivity index (χ1v) is 11.2. The first kappa shape index (κ1) is 21.9. The summed E-state index contributed by atoms with van der Waals surface area (Å²) >= 11 is 0. The lowest BCUT2D eigenvalue weighted by molar-refractivity contribution is -0.136. The Kier molecular flexibility index (Phi) is 7.82. The molecule has 1 aliphatic heterocycles. The van der Waals surface area contributed by atoms with Gasteiger partial charge in [0, 0.05) is 19.7 Å². The molecule has 1 unspecified atom stereocenters. The van der Waals surface area contributed by atoms with Crippen molar-refractivity contribution in [2.24, 2.45) is 5.92 Å². The van der Waals surface area contributed by atoms with Crippen molar-refractivity contribution in [1.82, 2.24) is 9.62 Å². The van der Waals surface area contributed by atoms with Crippen LogP contribution in [-0.2, 0) is 19.6 Å². The van der Waals surface area contributed by atoms with E-state index in [1.165, 1.54) is 0 Å². The van der Waals surface area contributed by atoms with Crippen molar-refractivity contribution in [3.8, 4) is 0 Å². The molecule has 1 fully saturated rings. The number of sulfonamides is 1. The Bertz CT molecular complexity index is 708. The lowest BCUT2D eigenvalue weighted by Gasteiger charge is -2.34. The molecule has 1 atom stereocenters. The Morgan fingerprint density at radius 2 is 1.81 bits per heavy atom. The Hall–Kier alpha value is -1.44. The van der Waals surface area contributed by atoms with E-state index in [0.29, 0.717) is 26.1 Å². The number of benzene rings is 1. The van der Waals surface area contributed by atoms with Crippen molar-refractivity contribution in [3.63, 3.8) is 0 Å². The van der Waals surface area contributed by atoms with Gasteiger partial charge < -0.3 is 9.64 Å². The van der Waals surface area contributed by atoms with Gasteiger partial charge in [-0.15, -0.1) is 0 Å². The third-order valence-corrected chi connectivity index (χ3v) is 6.28. The van der Waals surface area contributed by atoms with Crippen molar-refractivity contribution in [1.29, 1.82) is 0 Å². The molecule has 0 spiro atoms. The van der Waals surface area contributed by atoms with Gasteiger partial charge in [-0.1, -0.05) is 31.5 Å². The first-order valence-electron chi connectivity index (χ1n) is 9.72. The molecule has 0 aromatic heterocycles. The zero-order valence-electron chi connectivity index (χ0n) is 16.8. The average Bonchev–Trinajstić information content (AvgIpc) is 2.61. The number of aryl methyl sites for hydroxylation is 1. The molecule has 152 valence electrons. The SMILES string of the molecule is CCOC1CCN(C(=O)C(CC(C)C)NS(=O)(=O)c2ccc(C)cc2)CC1. The first-order chi connectivity index (χ1) is 12.7. The zero-order valence-corrected chi connectivity index (χ0v) is 17.6. The van der Waals surface area contributed by atoms with Gasteiger partial charge in [0.1, 0.15) is 6.04 Å². The summed E-state index contributed by atoms with van der Waals surface area (Å²) in [6.07, 6.45) is 2.24. The summed E-state index contributed by atoms with van der Waals surface area (Å²) in [5.74, 6) is 0.0509. The smallest absolute Gasteiger partial charge is 0.241 e. The fraction of sp³-hybridized carbons (Fsp3) is 0.650. The van der Waals surface area contributed by atoms with Gasteiger partial charge in [-0.25, -0.2) is 8.42 Å². The van der Waals surface area contributed by atoms with E-state index in [1.54, 1.807) is 29.2 Å². The van der Waals surface area contributed by atoms with Crippen molar-refractivity contribution >= 4 is 15.9 Å². The lowest BCUT2D eigenvalue weighted by Crippen LogP contribution is -2.51. The largest absolute Gasteiger partial charge is 0.378 e. The fourth-order valence-electron chi connectivity index (χ4n) is 3.34. The van der Waals surface area contributed by atoms with Crippen LogP contribution in [-0.4, -0.2) is 51.1 Å². The summed E-state index contributed by atoms with van der Waals surface area (Å²) in [6, 6.07) is 5.91. The highest BCUT2D eigenvalue weighted by molar-refractivity contribution is 7.89. The minimum atomic E-state index is -3.75.